The molecule has 0 amide bonds. The SMILES string of the molecule is CCC[C@H](C(C)=O)[C@H](Cc1cnc(SC)nc1)c1nnn[nH]1. The second-order valence-corrected chi connectivity index (χ2v) is 5.95. The third kappa shape index (κ3) is 4.09. The number of rotatable bonds is 8. The van der Waals surface area contributed by atoms with Crippen LogP contribution < -0.4 is 0 Å². The number of carbonyl (C=O) groups is 1. The minimum Gasteiger partial charge on any atom is -0.300 e. The summed E-state index contributed by atoms with van der Waals surface area (Å²) in [6.45, 7) is 3.70. The van der Waals surface area contributed by atoms with Crippen LogP contribution in [0.3, 0.4) is 0 Å². The number of carbonyl (C=O) groups excluding carboxylic acids is 1. The van der Waals surface area contributed by atoms with Gasteiger partial charge in [-0.25, -0.2) is 15.1 Å². The van der Waals surface area contributed by atoms with Crippen molar-refractivity contribution in [1.82, 2.24) is 30.6 Å². The Labute approximate surface area is 133 Å². The van der Waals surface area contributed by atoms with Crippen LogP contribution in [-0.2, 0) is 11.2 Å². The van der Waals surface area contributed by atoms with Crippen LogP contribution in [0.15, 0.2) is 17.6 Å². The first-order valence-corrected chi connectivity index (χ1v) is 8.47. The summed E-state index contributed by atoms with van der Waals surface area (Å²) >= 11 is 1.50. The zero-order valence-electron chi connectivity index (χ0n) is 13.0. The van der Waals surface area contributed by atoms with E-state index in [4.69, 9.17) is 0 Å². The summed E-state index contributed by atoms with van der Waals surface area (Å²) in [5, 5.41) is 14.9. The van der Waals surface area contributed by atoms with Crippen LogP contribution in [-0.4, -0.2) is 42.6 Å². The summed E-state index contributed by atoms with van der Waals surface area (Å²) < 4.78 is 0. The van der Waals surface area contributed by atoms with Crippen molar-refractivity contribution in [2.75, 3.05) is 6.26 Å². The fraction of sp³-hybridized carbons (Fsp3) is 0.571. The van der Waals surface area contributed by atoms with E-state index in [0.717, 1.165) is 23.6 Å². The van der Waals surface area contributed by atoms with Crippen molar-refractivity contribution in [2.45, 2.75) is 44.2 Å². The van der Waals surface area contributed by atoms with Gasteiger partial charge in [-0.2, -0.15) is 0 Å². The minimum absolute atomic E-state index is 0.0869. The largest absolute Gasteiger partial charge is 0.300 e. The Balaban J connectivity index is 2.25. The molecule has 1 N–H and O–H groups in total. The number of tetrazole rings is 1. The summed E-state index contributed by atoms with van der Waals surface area (Å²) in [6, 6.07) is 0. The van der Waals surface area contributed by atoms with Gasteiger partial charge in [-0.3, -0.25) is 4.79 Å². The first-order valence-electron chi connectivity index (χ1n) is 7.24. The molecule has 0 saturated heterocycles. The van der Waals surface area contributed by atoms with Crippen molar-refractivity contribution in [1.29, 1.82) is 0 Å². The van der Waals surface area contributed by atoms with Gasteiger partial charge in [0.05, 0.1) is 0 Å². The van der Waals surface area contributed by atoms with Gasteiger partial charge in [0, 0.05) is 24.2 Å². The third-order valence-corrected chi connectivity index (χ3v) is 4.22. The first-order chi connectivity index (χ1) is 10.7. The highest BCUT2D eigenvalue weighted by molar-refractivity contribution is 7.98. The smallest absolute Gasteiger partial charge is 0.187 e. The molecule has 0 bridgehead atoms. The van der Waals surface area contributed by atoms with Crippen molar-refractivity contribution in [3.8, 4) is 0 Å². The average molecular weight is 320 g/mol. The number of ketones is 1. The molecule has 0 radical (unpaired) electrons. The Hall–Kier alpha value is -1.83. The van der Waals surface area contributed by atoms with Gasteiger partial charge in [0.1, 0.15) is 5.78 Å². The topological polar surface area (TPSA) is 97.3 Å². The molecule has 0 aliphatic heterocycles. The van der Waals surface area contributed by atoms with Crippen molar-refractivity contribution < 1.29 is 4.79 Å². The lowest BCUT2D eigenvalue weighted by Crippen LogP contribution is -2.23. The number of nitrogens with zero attached hydrogens (tertiary/aromatic N) is 5. The van der Waals surface area contributed by atoms with E-state index in [2.05, 4.69) is 37.5 Å². The standard InChI is InChI=1S/C14H20N6OS/c1-4-5-11(9(2)21)12(13-17-19-20-18-13)6-10-7-15-14(22-3)16-8-10/h7-8,11-12H,4-6H2,1-3H3,(H,17,18,19,20)/t11-,12+/m1/s1. The number of aromatic nitrogens is 6. The second-order valence-electron chi connectivity index (χ2n) is 5.18. The number of hydrogen-bond acceptors (Lipinski definition) is 7. The molecule has 8 heteroatoms. The highest BCUT2D eigenvalue weighted by Crippen LogP contribution is 2.30. The van der Waals surface area contributed by atoms with Crippen LogP contribution >= 0.6 is 11.8 Å². The van der Waals surface area contributed by atoms with Gasteiger partial charge < -0.3 is 0 Å². The fourth-order valence-electron chi connectivity index (χ4n) is 2.56. The number of hydrogen-bond donors (Lipinski definition) is 1. The maximum absolute atomic E-state index is 12.0. The van der Waals surface area contributed by atoms with Crippen LogP contribution in [0.5, 0.6) is 0 Å². The van der Waals surface area contributed by atoms with E-state index in [-0.39, 0.29) is 17.6 Å². The maximum atomic E-state index is 12.0. The normalized spacial score (nSPS) is 13.8. The monoisotopic (exact) mass is 320 g/mol. The molecule has 0 aliphatic carbocycles. The summed E-state index contributed by atoms with van der Waals surface area (Å²) in [5.74, 6) is 0.601. The molecule has 0 aromatic carbocycles. The van der Waals surface area contributed by atoms with E-state index in [1.165, 1.54) is 11.8 Å². The van der Waals surface area contributed by atoms with Gasteiger partial charge in [-0.15, -0.1) is 5.10 Å². The second kappa shape index (κ2) is 7.98. The molecule has 2 aromatic rings. The molecule has 0 saturated carbocycles. The van der Waals surface area contributed by atoms with Crippen LogP contribution in [0.4, 0.5) is 0 Å². The molecule has 0 aliphatic rings. The van der Waals surface area contributed by atoms with Crippen LogP contribution in [0.25, 0.3) is 0 Å². The van der Waals surface area contributed by atoms with Crippen molar-refractivity contribution >= 4 is 17.5 Å². The molecule has 0 fully saturated rings. The quantitative estimate of drug-likeness (QED) is 0.587. The minimum atomic E-state index is -0.111. The Morgan fingerprint density at radius 2 is 2.09 bits per heavy atom. The summed E-state index contributed by atoms with van der Waals surface area (Å²) in [4.78, 5) is 20.6. The van der Waals surface area contributed by atoms with Gasteiger partial charge >= 0.3 is 0 Å². The lowest BCUT2D eigenvalue weighted by molar-refractivity contribution is -0.121. The number of thioether (sulfide) groups is 1. The number of nitrogens with one attached hydrogen (secondary N) is 1. The predicted octanol–water partition coefficient (Wildman–Crippen LogP) is 2.04. The van der Waals surface area contributed by atoms with Gasteiger partial charge in [0.15, 0.2) is 11.0 Å². The van der Waals surface area contributed by atoms with Crippen molar-refractivity contribution in [2.24, 2.45) is 5.92 Å². The molecule has 22 heavy (non-hydrogen) atoms. The van der Waals surface area contributed by atoms with Gasteiger partial charge in [0.25, 0.3) is 0 Å². The van der Waals surface area contributed by atoms with Gasteiger partial charge in [0.2, 0.25) is 0 Å². The summed E-state index contributed by atoms with van der Waals surface area (Å²) in [5.41, 5.74) is 0.974. The van der Waals surface area contributed by atoms with Crippen LogP contribution in [0.2, 0.25) is 0 Å². The molecule has 2 rings (SSSR count). The Morgan fingerprint density at radius 1 is 1.36 bits per heavy atom. The van der Waals surface area contributed by atoms with Crippen LogP contribution in [0, 0.1) is 5.92 Å². The van der Waals surface area contributed by atoms with E-state index in [1.54, 1.807) is 19.3 Å². The highest BCUT2D eigenvalue weighted by atomic mass is 32.2. The van der Waals surface area contributed by atoms with Gasteiger partial charge in [-0.1, -0.05) is 25.1 Å². The average Bonchev–Trinajstić information content (AvgIpc) is 3.05. The lowest BCUT2D eigenvalue weighted by Gasteiger charge is -2.22. The Morgan fingerprint density at radius 3 is 2.59 bits per heavy atom. The fourth-order valence-corrected chi connectivity index (χ4v) is 2.88. The molecular formula is C14H20N6OS. The molecular weight excluding hydrogens is 300 g/mol. The molecule has 2 aromatic heterocycles. The van der Waals surface area contributed by atoms with Crippen molar-refractivity contribution in [3.05, 3.63) is 23.8 Å². The van der Waals surface area contributed by atoms with E-state index in [0.29, 0.717) is 12.2 Å². The number of aromatic amines is 1. The van der Waals surface area contributed by atoms with E-state index in [1.807, 2.05) is 6.26 Å². The first kappa shape index (κ1) is 16.5. The summed E-state index contributed by atoms with van der Waals surface area (Å²) in [7, 11) is 0. The van der Waals surface area contributed by atoms with Crippen LogP contribution in [0.1, 0.15) is 44.0 Å². The zero-order chi connectivity index (χ0) is 15.9. The van der Waals surface area contributed by atoms with Crippen molar-refractivity contribution in [3.63, 3.8) is 0 Å². The van der Waals surface area contributed by atoms with E-state index >= 15 is 0 Å². The third-order valence-electron chi connectivity index (χ3n) is 3.64. The maximum Gasteiger partial charge on any atom is 0.187 e. The Bertz CT molecular complexity index is 586. The molecule has 0 unspecified atom stereocenters. The number of H-pyrrole nitrogens is 1. The molecule has 7 nitrogen and oxygen atoms in total. The zero-order valence-corrected chi connectivity index (χ0v) is 13.8. The molecule has 2 atom stereocenters. The number of Topliss-reactive ketones (excluding diaryl/α,β-unsaturated/α-hetero) is 1. The Kier molecular flexibility index (Phi) is 6.00. The predicted molar refractivity (Wildman–Crippen MR) is 83.5 cm³/mol. The van der Waals surface area contributed by atoms with E-state index in [9.17, 15) is 4.79 Å². The molecule has 2 heterocycles. The molecule has 118 valence electrons. The highest BCUT2D eigenvalue weighted by Gasteiger charge is 2.29. The molecule has 0 spiro atoms. The summed E-state index contributed by atoms with van der Waals surface area (Å²) in [6.07, 6.45) is 7.92. The van der Waals surface area contributed by atoms with E-state index < -0.39 is 0 Å². The lowest BCUT2D eigenvalue weighted by atomic mass is 9.81. The van der Waals surface area contributed by atoms with Gasteiger partial charge in [-0.05, 0) is 42.0 Å².